The molecule has 0 aliphatic rings. The highest BCUT2D eigenvalue weighted by Gasteiger charge is 2.19. The number of ether oxygens (including phenoxy) is 1. The number of nitrogens with two attached hydrogens (primary N) is 1. The van der Waals surface area contributed by atoms with Gasteiger partial charge in [0.1, 0.15) is 0 Å². The van der Waals surface area contributed by atoms with Crippen molar-refractivity contribution < 1.29 is 4.74 Å². The van der Waals surface area contributed by atoms with Gasteiger partial charge in [-0.15, -0.1) is 0 Å². The van der Waals surface area contributed by atoms with Crippen molar-refractivity contribution in [1.82, 2.24) is 19.7 Å². The van der Waals surface area contributed by atoms with Gasteiger partial charge in [-0.3, -0.25) is 4.79 Å². The Morgan fingerprint density at radius 3 is 2.48 bits per heavy atom. The highest BCUT2D eigenvalue weighted by atomic mass is 16.5. The summed E-state index contributed by atoms with van der Waals surface area (Å²) in [5.74, 6) is 0.414. The molecule has 0 saturated heterocycles. The number of aromatic nitrogens is 4. The zero-order valence-corrected chi connectivity index (χ0v) is 12.7. The fourth-order valence-corrected chi connectivity index (χ4v) is 2.28. The second-order valence-corrected chi connectivity index (χ2v) is 4.86. The molecule has 0 fully saturated rings. The number of anilines is 1. The smallest absolute Gasteiger partial charge is 0.266 e. The molecule has 0 aliphatic heterocycles. The summed E-state index contributed by atoms with van der Waals surface area (Å²) in [6, 6.07) is 12.6. The molecule has 0 amide bonds. The average Bonchev–Trinajstić information content (AvgIpc) is 2.57. The van der Waals surface area contributed by atoms with Gasteiger partial charge in [-0.1, -0.05) is 30.3 Å². The van der Waals surface area contributed by atoms with Crippen molar-refractivity contribution in [2.75, 3.05) is 12.8 Å². The summed E-state index contributed by atoms with van der Waals surface area (Å²) < 4.78 is 6.60. The summed E-state index contributed by atoms with van der Waals surface area (Å²) in [6.45, 7) is 0. The van der Waals surface area contributed by atoms with Gasteiger partial charge in [0.15, 0.2) is 0 Å². The highest BCUT2D eigenvalue weighted by Crippen LogP contribution is 2.35. The van der Waals surface area contributed by atoms with E-state index in [0.29, 0.717) is 22.8 Å². The van der Waals surface area contributed by atoms with E-state index in [1.165, 1.54) is 17.9 Å². The number of benzene rings is 1. The Morgan fingerprint density at radius 2 is 1.83 bits per heavy atom. The van der Waals surface area contributed by atoms with Crippen molar-refractivity contribution in [3.63, 3.8) is 0 Å². The highest BCUT2D eigenvalue weighted by molar-refractivity contribution is 5.82. The molecule has 3 aromatic rings. The molecule has 7 nitrogen and oxygen atoms in total. The SMILES string of the molecule is COc1nc(N)nc(-c2ccccc2)c1-c1ccc(=O)n(C)n1. The summed E-state index contributed by atoms with van der Waals surface area (Å²) in [5, 5.41) is 4.27. The van der Waals surface area contributed by atoms with E-state index >= 15 is 0 Å². The first-order valence-corrected chi connectivity index (χ1v) is 6.92. The molecule has 2 heterocycles. The molecule has 0 spiro atoms. The molecule has 23 heavy (non-hydrogen) atoms. The predicted molar refractivity (Wildman–Crippen MR) is 86.9 cm³/mol. The molecule has 0 bridgehead atoms. The summed E-state index contributed by atoms with van der Waals surface area (Å²) in [5.41, 5.74) is 8.16. The molecule has 3 rings (SSSR count). The van der Waals surface area contributed by atoms with Crippen LogP contribution in [0.25, 0.3) is 22.5 Å². The second kappa shape index (κ2) is 5.88. The number of hydrogen-bond acceptors (Lipinski definition) is 6. The fourth-order valence-electron chi connectivity index (χ4n) is 2.28. The molecule has 0 atom stereocenters. The zero-order chi connectivity index (χ0) is 16.4. The van der Waals surface area contributed by atoms with Gasteiger partial charge in [0, 0.05) is 18.7 Å². The van der Waals surface area contributed by atoms with Crippen LogP contribution in [-0.4, -0.2) is 26.9 Å². The summed E-state index contributed by atoms with van der Waals surface area (Å²) in [6.07, 6.45) is 0. The monoisotopic (exact) mass is 309 g/mol. The quantitative estimate of drug-likeness (QED) is 0.787. The van der Waals surface area contributed by atoms with Crippen molar-refractivity contribution in [3.8, 4) is 28.4 Å². The van der Waals surface area contributed by atoms with Gasteiger partial charge in [-0.25, -0.2) is 9.67 Å². The molecule has 0 unspecified atom stereocenters. The van der Waals surface area contributed by atoms with Crippen LogP contribution in [0, 0.1) is 0 Å². The van der Waals surface area contributed by atoms with Gasteiger partial charge in [-0.2, -0.15) is 10.1 Å². The third-order valence-corrected chi connectivity index (χ3v) is 3.35. The second-order valence-electron chi connectivity index (χ2n) is 4.86. The number of nitrogens with zero attached hydrogens (tertiary/aromatic N) is 4. The molecule has 116 valence electrons. The Kier molecular flexibility index (Phi) is 3.76. The fraction of sp³-hybridized carbons (Fsp3) is 0.125. The maximum absolute atomic E-state index is 11.6. The van der Waals surface area contributed by atoms with Crippen molar-refractivity contribution in [3.05, 3.63) is 52.8 Å². The minimum atomic E-state index is -0.203. The van der Waals surface area contributed by atoms with Crippen LogP contribution in [-0.2, 0) is 7.05 Å². The first-order chi connectivity index (χ1) is 11.1. The predicted octanol–water partition coefficient (Wildman–Crippen LogP) is 1.50. The van der Waals surface area contributed by atoms with E-state index in [9.17, 15) is 4.79 Å². The topological polar surface area (TPSA) is 95.9 Å². The van der Waals surface area contributed by atoms with Crippen LogP contribution in [0.1, 0.15) is 0 Å². The van der Waals surface area contributed by atoms with Gasteiger partial charge in [0.2, 0.25) is 11.8 Å². The number of hydrogen-bond donors (Lipinski definition) is 1. The molecule has 0 aliphatic carbocycles. The lowest BCUT2D eigenvalue weighted by Gasteiger charge is -2.13. The van der Waals surface area contributed by atoms with E-state index in [2.05, 4.69) is 15.1 Å². The van der Waals surface area contributed by atoms with Crippen LogP contribution >= 0.6 is 0 Å². The molecule has 1 aromatic carbocycles. The Labute approximate surface area is 132 Å². The standard InChI is InChI=1S/C16H15N5O2/c1-21-12(22)9-8-11(20-21)13-14(10-6-4-3-5-7-10)18-16(17)19-15(13)23-2/h3-9H,1-2H3,(H2,17,18,19). The number of nitrogen functional groups attached to an aromatic ring is 1. The van der Waals surface area contributed by atoms with Crippen molar-refractivity contribution in [2.24, 2.45) is 7.05 Å². The van der Waals surface area contributed by atoms with Gasteiger partial charge < -0.3 is 10.5 Å². The number of rotatable bonds is 3. The van der Waals surface area contributed by atoms with Crippen molar-refractivity contribution in [2.45, 2.75) is 0 Å². The van der Waals surface area contributed by atoms with E-state index in [0.717, 1.165) is 5.56 Å². The van der Waals surface area contributed by atoms with Gasteiger partial charge >= 0.3 is 0 Å². The molecule has 2 aromatic heterocycles. The van der Waals surface area contributed by atoms with Gasteiger partial charge in [0.25, 0.3) is 5.56 Å². The molecular weight excluding hydrogens is 294 g/mol. The van der Waals surface area contributed by atoms with Crippen molar-refractivity contribution >= 4 is 5.95 Å². The van der Waals surface area contributed by atoms with E-state index in [-0.39, 0.29) is 11.5 Å². The molecule has 0 saturated carbocycles. The van der Waals surface area contributed by atoms with E-state index in [4.69, 9.17) is 10.5 Å². The average molecular weight is 309 g/mol. The zero-order valence-electron chi connectivity index (χ0n) is 12.7. The van der Waals surface area contributed by atoms with Crippen LogP contribution in [0.4, 0.5) is 5.95 Å². The Hall–Kier alpha value is -3.22. The van der Waals surface area contributed by atoms with Crippen LogP contribution in [0.2, 0.25) is 0 Å². The van der Waals surface area contributed by atoms with E-state index in [1.807, 2.05) is 30.3 Å². The molecular formula is C16H15N5O2. The molecule has 2 N–H and O–H groups in total. The molecule has 7 heteroatoms. The minimum Gasteiger partial charge on any atom is -0.480 e. The van der Waals surface area contributed by atoms with E-state index in [1.54, 1.807) is 13.1 Å². The summed E-state index contributed by atoms with van der Waals surface area (Å²) in [7, 11) is 3.08. The minimum absolute atomic E-state index is 0.106. The lowest BCUT2D eigenvalue weighted by Crippen LogP contribution is -2.18. The first-order valence-electron chi connectivity index (χ1n) is 6.92. The maximum atomic E-state index is 11.6. The van der Waals surface area contributed by atoms with Crippen molar-refractivity contribution in [1.29, 1.82) is 0 Å². The van der Waals surface area contributed by atoms with Crippen LogP contribution in [0.3, 0.4) is 0 Å². The van der Waals surface area contributed by atoms with Crippen LogP contribution in [0.15, 0.2) is 47.3 Å². The number of aryl methyl sites for hydroxylation is 1. The summed E-state index contributed by atoms with van der Waals surface area (Å²) >= 11 is 0. The van der Waals surface area contributed by atoms with E-state index < -0.39 is 0 Å². The first kappa shape index (κ1) is 14.7. The van der Waals surface area contributed by atoms with Crippen LogP contribution < -0.4 is 16.0 Å². The Balaban J connectivity index is 2.33. The Bertz CT molecular complexity index is 906. The maximum Gasteiger partial charge on any atom is 0.266 e. The molecule has 0 radical (unpaired) electrons. The normalized spacial score (nSPS) is 10.5. The lowest BCUT2D eigenvalue weighted by molar-refractivity contribution is 0.399. The Morgan fingerprint density at radius 1 is 1.09 bits per heavy atom. The van der Waals surface area contributed by atoms with Gasteiger partial charge in [0.05, 0.1) is 24.1 Å². The van der Waals surface area contributed by atoms with Crippen LogP contribution in [0.5, 0.6) is 5.88 Å². The summed E-state index contributed by atoms with van der Waals surface area (Å²) in [4.78, 5) is 20.0. The number of methoxy groups -OCH3 is 1. The third-order valence-electron chi connectivity index (χ3n) is 3.35. The third kappa shape index (κ3) is 2.76. The largest absolute Gasteiger partial charge is 0.480 e. The lowest BCUT2D eigenvalue weighted by atomic mass is 10.0. The van der Waals surface area contributed by atoms with Gasteiger partial charge in [-0.05, 0) is 6.07 Å².